The van der Waals surface area contributed by atoms with E-state index in [9.17, 15) is 9.90 Å². The molecule has 104 valence electrons. The zero-order valence-corrected chi connectivity index (χ0v) is 12.8. The lowest BCUT2D eigenvalue weighted by Crippen LogP contribution is -2.09. The van der Waals surface area contributed by atoms with Crippen molar-refractivity contribution >= 4 is 21.9 Å². The minimum atomic E-state index is -0.996. The average Bonchev–Trinajstić information content (AvgIpc) is 2.42. The van der Waals surface area contributed by atoms with Gasteiger partial charge in [-0.3, -0.25) is 0 Å². The van der Waals surface area contributed by atoms with Crippen molar-refractivity contribution in [3.8, 4) is 5.75 Å². The molecule has 1 unspecified atom stereocenters. The number of hydrogen-bond donors (Lipinski definition) is 1. The highest BCUT2D eigenvalue weighted by Gasteiger charge is 2.18. The Hall–Kier alpha value is -1.81. The van der Waals surface area contributed by atoms with Crippen LogP contribution in [0.2, 0.25) is 0 Å². The number of carboxylic acids is 1. The monoisotopic (exact) mass is 334 g/mol. The predicted molar refractivity (Wildman–Crippen MR) is 81.3 cm³/mol. The van der Waals surface area contributed by atoms with Crippen molar-refractivity contribution in [2.45, 2.75) is 20.0 Å². The van der Waals surface area contributed by atoms with Crippen molar-refractivity contribution < 1.29 is 14.6 Å². The van der Waals surface area contributed by atoms with Gasteiger partial charge in [0.2, 0.25) is 0 Å². The molecule has 20 heavy (non-hydrogen) atoms. The third-order valence-electron chi connectivity index (χ3n) is 3.03. The maximum atomic E-state index is 11.3. The fourth-order valence-electron chi connectivity index (χ4n) is 2.01. The SMILES string of the molecule is Cc1cc(Br)cc(C(=O)O)c1OC(C)c1ccccc1. The van der Waals surface area contributed by atoms with E-state index in [4.69, 9.17) is 4.74 Å². The van der Waals surface area contributed by atoms with Crippen LogP contribution in [0.25, 0.3) is 0 Å². The molecular weight excluding hydrogens is 320 g/mol. The van der Waals surface area contributed by atoms with Crippen molar-refractivity contribution in [3.05, 3.63) is 63.6 Å². The molecule has 0 bridgehead atoms. The summed E-state index contributed by atoms with van der Waals surface area (Å²) in [5, 5.41) is 9.30. The Morgan fingerprint density at radius 2 is 1.90 bits per heavy atom. The lowest BCUT2D eigenvalue weighted by atomic mass is 10.1. The summed E-state index contributed by atoms with van der Waals surface area (Å²) in [6.07, 6.45) is -0.214. The van der Waals surface area contributed by atoms with Crippen molar-refractivity contribution in [2.24, 2.45) is 0 Å². The van der Waals surface area contributed by atoms with Crippen LogP contribution in [-0.4, -0.2) is 11.1 Å². The molecule has 0 saturated carbocycles. The Morgan fingerprint density at radius 1 is 1.25 bits per heavy atom. The predicted octanol–water partition coefficient (Wildman–Crippen LogP) is 4.60. The Balaban J connectivity index is 2.36. The molecule has 0 aliphatic carbocycles. The molecule has 0 radical (unpaired) electrons. The van der Waals surface area contributed by atoms with E-state index in [0.717, 1.165) is 15.6 Å². The van der Waals surface area contributed by atoms with Gasteiger partial charge in [0.1, 0.15) is 17.4 Å². The second kappa shape index (κ2) is 6.09. The minimum absolute atomic E-state index is 0.166. The van der Waals surface area contributed by atoms with Gasteiger partial charge in [0.05, 0.1) is 0 Å². The second-order valence-electron chi connectivity index (χ2n) is 4.58. The van der Waals surface area contributed by atoms with Gasteiger partial charge in [-0.25, -0.2) is 4.79 Å². The lowest BCUT2D eigenvalue weighted by molar-refractivity contribution is 0.0689. The van der Waals surface area contributed by atoms with Gasteiger partial charge in [-0.1, -0.05) is 46.3 Å². The first kappa shape index (κ1) is 14.6. The van der Waals surface area contributed by atoms with Gasteiger partial charge in [-0.2, -0.15) is 0 Å². The molecule has 2 aromatic rings. The third kappa shape index (κ3) is 3.20. The number of ether oxygens (including phenoxy) is 1. The first-order valence-corrected chi connectivity index (χ1v) is 7.03. The van der Waals surface area contributed by atoms with Crippen LogP contribution in [0.1, 0.15) is 34.5 Å². The Morgan fingerprint density at radius 3 is 2.50 bits per heavy atom. The number of carboxylic acid groups (broad SMARTS) is 1. The van der Waals surface area contributed by atoms with Gasteiger partial charge in [0.25, 0.3) is 0 Å². The van der Waals surface area contributed by atoms with Gasteiger partial charge in [-0.15, -0.1) is 0 Å². The van der Waals surface area contributed by atoms with Crippen molar-refractivity contribution in [3.63, 3.8) is 0 Å². The topological polar surface area (TPSA) is 46.5 Å². The third-order valence-corrected chi connectivity index (χ3v) is 3.49. The maximum Gasteiger partial charge on any atom is 0.339 e. The van der Waals surface area contributed by atoms with Gasteiger partial charge in [0, 0.05) is 4.47 Å². The number of aryl methyl sites for hydroxylation is 1. The molecule has 0 aromatic heterocycles. The van der Waals surface area contributed by atoms with Crippen LogP contribution >= 0.6 is 15.9 Å². The summed E-state index contributed by atoms with van der Waals surface area (Å²) >= 11 is 3.31. The van der Waals surface area contributed by atoms with Crippen molar-refractivity contribution in [1.82, 2.24) is 0 Å². The molecule has 0 spiro atoms. The van der Waals surface area contributed by atoms with Crippen LogP contribution in [0.15, 0.2) is 46.9 Å². The fourth-order valence-corrected chi connectivity index (χ4v) is 2.59. The maximum absolute atomic E-state index is 11.3. The summed E-state index contributed by atoms with van der Waals surface area (Å²) in [4.78, 5) is 11.3. The molecule has 0 heterocycles. The molecule has 1 N–H and O–H groups in total. The number of hydrogen-bond acceptors (Lipinski definition) is 2. The van der Waals surface area contributed by atoms with Crippen LogP contribution in [0.3, 0.4) is 0 Å². The molecule has 0 aliphatic heterocycles. The molecule has 3 nitrogen and oxygen atoms in total. The summed E-state index contributed by atoms with van der Waals surface area (Å²) < 4.78 is 6.61. The number of halogens is 1. The van der Waals surface area contributed by atoms with E-state index in [1.807, 2.05) is 50.2 Å². The van der Waals surface area contributed by atoms with Crippen LogP contribution in [0.5, 0.6) is 5.75 Å². The van der Waals surface area contributed by atoms with Crippen LogP contribution in [0, 0.1) is 6.92 Å². The first-order chi connectivity index (χ1) is 9.49. The highest BCUT2D eigenvalue weighted by atomic mass is 79.9. The minimum Gasteiger partial charge on any atom is -0.485 e. The molecule has 4 heteroatoms. The quantitative estimate of drug-likeness (QED) is 0.888. The molecule has 2 rings (SSSR count). The van der Waals surface area contributed by atoms with Crippen LogP contribution in [-0.2, 0) is 0 Å². The van der Waals surface area contributed by atoms with Gasteiger partial charge >= 0.3 is 5.97 Å². The molecule has 0 saturated heterocycles. The Bertz CT molecular complexity index is 623. The van der Waals surface area contributed by atoms with Gasteiger partial charge in [-0.05, 0) is 37.1 Å². The summed E-state index contributed by atoms with van der Waals surface area (Å²) in [5.41, 5.74) is 1.96. The van der Waals surface area contributed by atoms with E-state index in [-0.39, 0.29) is 11.7 Å². The first-order valence-electron chi connectivity index (χ1n) is 6.24. The summed E-state index contributed by atoms with van der Waals surface area (Å²) in [6, 6.07) is 13.1. The van der Waals surface area contributed by atoms with Gasteiger partial charge in [0.15, 0.2) is 0 Å². The number of carbonyl (C=O) groups is 1. The van der Waals surface area contributed by atoms with E-state index in [2.05, 4.69) is 15.9 Å². The van der Waals surface area contributed by atoms with E-state index >= 15 is 0 Å². The number of benzene rings is 2. The molecular formula is C16H15BrO3. The normalized spacial score (nSPS) is 11.9. The van der Waals surface area contributed by atoms with Crippen LogP contribution in [0.4, 0.5) is 0 Å². The molecule has 0 fully saturated rings. The Labute approximate surface area is 126 Å². The van der Waals surface area contributed by atoms with Crippen molar-refractivity contribution in [2.75, 3.05) is 0 Å². The molecule has 2 aromatic carbocycles. The standard InChI is InChI=1S/C16H15BrO3/c1-10-8-13(17)9-14(16(18)19)15(10)20-11(2)12-6-4-3-5-7-12/h3-9,11H,1-2H3,(H,18,19). The van der Waals surface area contributed by atoms with E-state index in [1.54, 1.807) is 6.07 Å². The largest absolute Gasteiger partial charge is 0.485 e. The molecule has 0 aliphatic rings. The Kier molecular flexibility index (Phi) is 4.45. The summed E-state index contributed by atoms with van der Waals surface area (Å²) in [7, 11) is 0. The van der Waals surface area contributed by atoms with E-state index in [1.165, 1.54) is 0 Å². The highest BCUT2D eigenvalue weighted by Crippen LogP contribution is 2.31. The zero-order chi connectivity index (χ0) is 14.7. The number of rotatable bonds is 4. The van der Waals surface area contributed by atoms with Gasteiger partial charge < -0.3 is 9.84 Å². The van der Waals surface area contributed by atoms with E-state index in [0.29, 0.717) is 5.75 Å². The molecule has 0 amide bonds. The highest BCUT2D eigenvalue weighted by molar-refractivity contribution is 9.10. The average molecular weight is 335 g/mol. The summed E-state index contributed by atoms with van der Waals surface area (Å²) in [5.74, 6) is -0.582. The smallest absolute Gasteiger partial charge is 0.339 e. The summed E-state index contributed by atoms with van der Waals surface area (Å²) in [6.45, 7) is 3.74. The second-order valence-corrected chi connectivity index (χ2v) is 5.49. The fraction of sp³-hybridized carbons (Fsp3) is 0.188. The number of aromatic carboxylic acids is 1. The zero-order valence-electron chi connectivity index (χ0n) is 11.3. The van der Waals surface area contributed by atoms with Crippen LogP contribution < -0.4 is 4.74 Å². The van der Waals surface area contributed by atoms with Crippen molar-refractivity contribution in [1.29, 1.82) is 0 Å². The lowest BCUT2D eigenvalue weighted by Gasteiger charge is -2.18. The van der Waals surface area contributed by atoms with E-state index < -0.39 is 5.97 Å². The molecule has 1 atom stereocenters.